The first-order chi connectivity index (χ1) is 14.8. The molecule has 1 aliphatic carbocycles. The first-order valence-corrected chi connectivity index (χ1v) is 10.0. The fourth-order valence-electron chi connectivity index (χ4n) is 4.18. The number of rotatable bonds is 4. The molecule has 2 atom stereocenters. The molecular weight excluding hydrogens is 396 g/mol. The number of benzene rings is 2. The number of carboxylic acid groups (broad SMARTS) is 1. The Bertz CT molecular complexity index is 1100. The number of allylic oxidation sites excluding steroid dienone is 2. The highest BCUT2D eigenvalue weighted by Gasteiger charge is 2.38. The summed E-state index contributed by atoms with van der Waals surface area (Å²) in [6.45, 7) is 3.82. The van der Waals surface area contributed by atoms with E-state index in [4.69, 9.17) is 0 Å². The van der Waals surface area contributed by atoms with Crippen molar-refractivity contribution in [1.29, 1.82) is 0 Å². The second-order valence-electron chi connectivity index (χ2n) is 8.05. The highest BCUT2D eigenvalue weighted by atomic mass is 16.4. The van der Waals surface area contributed by atoms with Gasteiger partial charge in [-0.3, -0.25) is 19.2 Å². The molecule has 3 amide bonds. The Kier molecular flexibility index (Phi) is 5.19. The van der Waals surface area contributed by atoms with Crippen molar-refractivity contribution < 1.29 is 24.3 Å². The van der Waals surface area contributed by atoms with Crippen molar-refractivity contribution in [3.05, 3.63) is 70.8 Å². The van der Waals surface area contributed by atoms with Gasteiger partial charge in [-0.1, -0.05) is 23.3 Å². The van der Waals surface area contributed by atoms with Gasteiger partial charge in [-0.05, 0) is 63.1 Å². The first-order valence-electron chi connectivity index (χ1n) is 10.0. The molecule has 2 aliphatic rings. The minimum atomic E-state index is -0.979. The Morgan fingerprint density at radius 2 is 1.39 bits per heavy atom. The molecule has 0 aromatic heterocycles. The Hall–Kier alpha value is -3.74. The van der Waals surface area contributed by atoms with Crippen LogP contribution in [0.5, 0.6) is 0 Å². The summed E-state index contributed by atoms with van der Waals surface area (Å²) in [5.74, 6) is -3.53. The Morgan fingerprint density at radius 3 is 1.90 bits per heavy atom. The second-order valence-corrected chi connectivity index (χ2v) is 8.05. The summed E-state index contributed by atoms with van der Waals surface area (Å²) < 4.78 is 0. The fraction of sp³-hybridized carbons (Fsp3) is 0.250. The maximum atomic E-state index is 12.8. The number of carbonyl (C=O) groups excluding carboxylic acids is 3. The van der Waals surface area contributed by atoms with Crippen LogP contribution < -0.4 is 10.2 Å². The number of carboxylic acids is 1. The molecule has 0 bridgehead atoms. The van der Waals surface area contributed by atoms with Gasteiger partial charge < -0.3 is 10.4 Å². The van der Waals surface area contributed by atoms with Gasteiger partial charge in [0.25, 0.3) is 11.8 Å². The minimum Gasteiger partial charge on any atom is -0.481 e. The van der Waals surface area contributed by atoms with Gasteiger partial charge in [0.15, 0.2) is 0 Å². The van der Waals surface area contributed by atoms with E-state index in [-0.39, 0.29) is 17.7 Å². The van der Waals surface area contributed by atoms with Gasteiger partial charge in [0, 0.05) is 5.69 Å². The maximum absolute atomic E-state index is 12.8. The molecule has 0 unspecified atom stereocenters. The number of fused-ring (bicyclic) bond motifs is 1. The van der Waals surface area contributed by atoms with E-state index in [9.17, 15) is 24.3 Å². The molecule has 4 rings (SSSR count). The van der Waals surface area contributed by atoms with E-state index in [0.717, 1.165) is 16.0 Å². The van der Waals surface area contributed by atoms with Crippen molar-refractivity contribution in [1.82, 2.24) is 0 Å². The molecule has 7 heteroatoms. The fourth-order valence-corrected chi connectivity index (χ4v) is 4.18. The molecule has 0 saturated carbocycles. The highest BCUT2D eigenvalue weighted by Crippen LogP contribution is 2.35. The molecule has 0 saturated heterocycles. The van der Waals surface area contributed by atoms with Gasteiger partial charge in [-0.25, -0.2) is 4.90 Å². The molecule has 1 aliphatic heterocycles. The van der Waals surface area contributed by atoms with Crippen LogP contribution in [0.2, 0.25) is 0 Å². The molecule has 0 spiro atoms. The number of nitrogens with zero attached hydrogens (tertiary/aromatic N) is 1. The average molecular weight is 418 g/mol. The van der Waals surface area contributed by atoms with Crippen LogP contribution in [0.4, 0.5) is 11.4 Å². The quantitative estimate of drug-likeness (QED) is 0.579. The summed E-state index contributed by atoms with van der Waals surface area (Å²) in [6, 6.07) is 13.0. The third-order valence-electron chi connectivity index (χ3n) is 6.11. The lowest BCUT2D eigenvalue weighted by Crippen LogP contribution is -2.36. The third kappa shape index (κ3) is 3.63. The second kappa shape index (κ2) is 7.83. The molecule has 2 N–H and O–H groups in total. The van der Waals surface area contributed by atoms with Crippen LogP contribution in [-0.2, 0) is 9.59 Å². The van der Waals surface area contributed by atoms with Crippen molar-refractivity contribution >= 4 is 35.1 Å². The van der Waals surface area contributed by atoms with Gasteiger partial charge in [0.2, 0.25) is 5.91 Å². The van der Waals surface area contributed by atoms with Gasteiger partial charge in [0.1, 0.15) is 0 Å². The summed E-state index contributed by atoms with van der Waals surface area (Å²) in [4.78, 5) is 50.8. The predicted octanol–water partition coefficient (Wildman–Crippen LogP) is 3.87. The molecular formula is C24H22N2O5. The normalized spacial score (nSPS) is 20.6. The molecule has 7 nitrogen and oxygen atoms in total. The van der Waals surface area contributed by atoms with E-state index >= 15 is 0 Å². The summed E-state index contributed by atoms with van der Waals surface area (Å²) in [7, 11) is 0. The Labute approximate surface area is 179 Å². The predicted molar refractivity (Wildman–Crippen MR) is 115 cm³/mol. The number of anilines is 2. The minimum absolute atomic E-state index is 0.354. The molecule has 0 fully saturated rings. The first kappa shape index (κ1) is 20.5. The molecule has 2 aromatic carbocycles. The summed E-state index contributed by atoms with van der Waals surface area (Å²) in [6.07, 6.45) is 0.764. The van der Waals surface area contributed by atoms with Crippen LogP contribution in [0.15, 0.2) is 59.7 Å². The van der Waals surface area contributed by atoms with Crippen LogP contribution in [-0.4, -0.2) is 28.8 Å². The summed E-state index contributed by atoms with van der Waals surface area (Å²) in [5.41, 5.74) is 3.65. The van der Waals surface area contributed by atoms with E-state index in [0.29, 0.717) is 35.3 Å². The zero-order chi connectivity index (χ0) is 22.3. The van der Waals surface area contributed by atoms with Crippen LogP contribution in [0.25, 0.3) is 0 Å². The lowest BCUT2D eigenvalue weighted by atomic mass is 9.76. The van der Waals surface area contributed by atoms with E-state index in [1.54, 1.807) is 48.5 Å². The Balaban J connectivity index is 1.51. The zero-order valence-electron chi connectivity index (χ0n) is 17.2. The van der Waals surface area contributed by atoms with Crippen LogP contribution in [0.3, 0.4) is 0 Å². The van der Waals surface area contributed by atoms with Crippen molar-refractivity contribution in [2.24, 2.45) is 11.8 Å². The van der Waals surface area contributed by atoms with E-state index in [2.05, 4.69) is 5.32 Å². The van der Waals surface area contributed by atoms with Gasteiger partial charge in [-0.15, -0.1) is 0 Å². The molecule has 2 aromatic rings. The average Bonchev–Trinajstić information content (AvgIpc) is 3.01. The molecule has 1 heterocycles. The SMILES string of the molecule is CC1=C(C)C[C@@H](C(=O)O)[C@@H](C(=O)Nc2ccc(N3C(=O)c4ccccc4C3=O)cc2)C1. The number of hydrogen-bond acceptors (Lipinski definition) is 4. The number of amides is 3. The lowest BCUT2D eigenvalue weighted by molar-refractivity contribution is -0.146. The molecule has 158 valence electrons. The van der Waals surface area contributed by atoms with E-state index in [1.165, 1.54) is 0 Å². The smallest absolute Gasteiger partial charge is 0.307 e. The van der Waals surface area contributed by atoms with Gasteiger partial charge >= 0.3 is 5.97 Å². The number of aliphatic carboxylic acids is 1. The third-order valence-corrected chi connectivity index (χ3v) is 6.11. The van der Waals surface area contributed by atoms with Crippen molar-refractivity contribution in [2.45, 2.75) is 26.7 Å². The van der Waals surface area contributed by atoms with E-state index in [1.807, 2.05) is 13.8 Å². The van der Waals surface area contributed by atoms with Crippen LogP contribution in [0.1, 0.15) is 47.4 Å². The Morgan fingerprint density at radius 1 is 0.871 bits per heavy atom. The zero-order valence-corrected chi connectivity index (χ0v) is 17.2. The summed E-state index contributed by atoms with van der Waals surface area (Å²) in [5, 5.41) is 12.3. The standard InChI is InChI=1S/C24H22N2O5/c1-13-11-19(20(24(30)31)12-14(13)2)21(27)25-15-7-9-16(10-8-15)26-22(28)17-5-3-4-6-18(17)23(26)29/h3-10,19-20H,11-12H2,1-2H3,(H,25,27)(H,30,31)/t19-,20+/m0/s1. The lowest BCUT2D eigenvalue weighted by Gasteiger charge is -2.29. The number of carbonyl (C=O) groups is 4. The summed E-state index contributed by atoms with van der Waals surface area (Å²) >= 11 is 0. The van der Waals surface area contributed by atoms with Gasteiger partial charge in [-0.2, -0.15) is 0 Å². The highest BCUT2D eigenvalue weighted by molar-refractivity contribution is 6.34. The molecule has 31 heavy (non-hydrogen) atoms. The van der Waals surface area contributed by atoms with Crippen molar-refractivity contribution in [2.75, 3.05) is 10.2 Å². The topological polar surface area (TPSA) is 104 Å². The number of imide groups is 1. The largest absolute Gasteiger partial charge is 0.481 e. The number of nitrogens with one attached hydrogen (secondary N) is 1. The monoisotopic (exact) mass is 418 g/mol. The van der Waals surface area contributed by atoms with E-state index < -0.39 is 17.8 Å². The van der Waals surface area contributed by atoms with Gasteiger partial charge in [0.05, 0.1) is 28.7 Å². The maximum Gasteiger partial charge on any atom is 0.307 e. The number of hydrogen-bond donors (Lipinski definition) is 2. The molecule has 0 radical (unpaired) electrons. The van der Waals surface area contributed by atoms with Crippen LogP contribution >= 0.6 is 0 Å². The van der Waals surface area contributed by atoms with Crippen molar-refractivity contribution in [3.63, 3.8) is 0 Å². The van der Waals surface area contributed by atoms with Crippen LogP contribution in [0, 0.1) is 11.8 Å². The van der Waals surface area contributed by atoms with Crippen molar-refractivity contribution in [3.8, 4) is 0 Å².